The molecule has 0 aliphatic carbocycles. The van der Waals surface area contributed by atoms with E-state index in [1.165, 1.54) is 0 Å². The fourth-order valence-corrected chi connectivity index (χ4v) is 2.26. The van der Waals surface area contributed by atoms with Gasteiger partial charge in [0.15, 0.2) is 0 Å². The Morgan fingerprint density at radius 2 is 1.65 bits per heavy atom. The van der Waals surface area contributed by atoms with Crippen LogP contribution in [0, 0.1) is 16.7 Å². The lowest BCUT2D eigenvalue weighted by Gasteiger charge is -2.36. The maximum absolute atomic E-state index is 4.96. The fourth-order valence-electron chi connectivity index (χ4n) is 2.26. The molecule has 2 nitrogen and oxygen atoms in total. The Balaban J connectivity index is 2.42. The van der Waals surface area contributed by atoms with Crippen LogP contribution in [0.15, 0.2) is 41.7 Å². The first-order valence-corrected chi connectivity index (χ1v) is 7.54. The molecular formula is C18H28N2. The van der Waals surface area contributed by atoms with Gasteiger partial charge >= 0.3 is 0 Å². The molecule has 0 N–H and O–H groups in total. The van der Waals surface area contributed by atoms with Crippen molar-refractivity contribution in [2.45, 2.75) is 54.0 Å². The Bertz CT molecular complexity index is 502. The third-order valence-corrected chi connectivity index (χ3v) is 5.14. The number of nitrogens with zero attached hydrogens (tertiary/aromatic N) is 2. The second kappa shape index (κ2) is 4.61. The summed E-state index contributed by atoms with van der Waals surface area (Å²) >= 11 is 0. The predicted molar refractivity (Wildman–Crippen MR) is 87.5 cm³/mol. The highest BCUT2D eigenvalue weighted by atomic mass is 15.2. The van der Waals surface area contributed by atoms with Gasteiger partial charge in [0.05, 0.1) is 5.54 Å². The summed E-state index contributed by atoms with van der Waals surface area (Å²) in [5.74, 6) is 1.52. The molecule has 2 heteroatoms. The molecule has 2 heterocycles. The van der Waals surface area contributed by atoms with Crippen molar-refractivity contribution in [3.05, 3.63) is 36.7 Å². The van der Waals surface area contributed by atoms with Crippen LogP contribution in [0.5, 0.6) is 0 Å². The molecule has 0 aromatic heterocycles. The molecule has 20 heavy (non-hydrogen) atoms. The minimum Gasteiger partial charge on any atom is -0.309 e. The SMILES string of the molecule is CC(C)C1(C)C=CN2C=CC(C)(C(C)(C)C)C=CC2=N1. The average Bonchev–Trinajstić information content (AvgIpc) is 2.49. The molecule has 2 unspecified atom stereocenters. The average molecular weight is 272 g/mol. The van der Waals surface area contributed by atoms with Gasteiger partial charge in [-0.3, -0.25) is 4.99 Å². The maximum Gasteiger partial charge on any atom is 0.132 e. The molecule has 2 aliphatic rings. The lowest BCUT2D eigenvalue weighted by molar-refractivity contribution is 0.228. The van der Waals surface area contributed by atoms with Crippen molar-refractivity contribution >= 4 is 5.84 Å². The Morgan fingerprint density at radius 1 is 1.05 bits per heavy atom. The van der Waals surface area contributed by atoms with Gasteiger partial charge in [-0.1, -0.05) is 53.7 Å². The van der Waals surface area contributed by atoms with Crippen molar-refractivity contribution in [2.75, 3.05) is 0 Å². The van der Waals surface area contributed by atoms with Gasteiger partial charge in [0.25, 0.3) is 0 Å². The molecule has 0 saturated heterocycles. The van der Waals surface area contributed by atoms with Gasteiger partial charge in [0.1, 0.15) is 5.84 Å². The van der Waals surface area contributed by atoms with Crippen LogP contribution in [0.25, 0.3) is 0 Å². The number of amidine groups is 1. The van der Waals surface area contributed by atoms with E-state index < -0.39 is 0 Å². The van der Waals surface area contributed by atoms with Gasteiger partial charge in [-0.05, 0) is 30.4 Å². The third-order valence-electron chi connectivity index (χ3n) is 5.14. The van der Waals surface area contributed by atoms with Crippen molar-refractivity contribution in [3.8, 4) is 0 Å². The van der Waals surface area contributed by atoms with Crippen molar-refractivity contribution < 1.29 is 0 Å². The van der Waals surface area contributed by atoms with Crippen molar-refractivity contribution in [1.29, 1.82) is 0 Å². The number of fused-ring (bicyclic) bond motifs is 1. The summed E-state index contributed by atoms with van der Waals surface area (Å²) < 4.78 is 0. The van der Waals surface area contributed by atoms with Crippen LogP contribution in [-0.2, 0) is 0 Å². The van der Waals surface area contributed by atoms with E-state index in [4.69, 9.17) is 4.99 Å². The molecule has 0 fully saturated rings. The summed E-state index contributed by atoms with van der Waals surface area (Å²) in [5.41, 5.74) is 0.113. The topological polar surface area (TPSA) is 15.6 Å². The van der Waals surface area contributed by atoms with Crippen LogP contribution >= 0.6 is 0 Å². The summed E-state index contributed by atoms with van der Waals surface area (Å²) in [7, 11) is 0. The standard InChI is InChI=1S/C18H28N2/c1-14(2)18(7)11-13-20-12-10-17(6,16(3,4)5)9-8-15(20)19-18/h8-14H,1-7H3. The largest absolute Gasteiger partial charge is 0.309 e. The zero-order chi connectivity index (χ0) is 15.2. The number of hydrogen-bond acceptors (Lipinski definition) is 2. The molecule has 0 aromatic carbocycles. The Kier molecular flexibility index (Phi) is 3.48. The Hall–Kier alpha value is -1.31. The van der Waals surface area contributed by atoms with E-state index in [0.717, 1.165) is 5.84 Å². The van der Waals surface area contributed by atoms with Crippen LogP contribution in [0.1, 0.15) is 48.5 Å². The van der Waals surface area contributed by atoms with Crippen LogP contribution in [0.4, 0.5) is 0 Å². The normalized spacial score (nSPS) is 33.2. The van der Waals surface area contributed by atoms with E-state index >= 15 is 0 Å². The molecule has 2 rings (SSSR count). The summed E-state index contributed by atoms with van der Waals surface area (Å²) in [5, 5.41) is 0. The summed E-state index contributed by atoms with van der Waals surface area (Å²) in [6, 6.07) is 0. The van der Waals surface area contributed by atoms with E-state index in [-0.39, 0.29) is 16.4 Å². The smallest absolute Gasteiger partial charge is 0.132 e. The highest BCUT2D eigenvalue weighted by Gasteiger charge is 2.35. The van der Waals surface area contributed by atoms with Crippen LogP contribution in [0.3, 0.4) is 0 Å². The van der Waals surface area contributed by atoms with E-state index in [1.54, 1.807) is 0 Å². The van der Waals surface area contributed by atoms with Gasteiger partial charge in [-0.15, -0.1) is 0 Å². The molecular weight excluding hydrogens is 244 g/mol. The highest BCUT2D eigenvalue weighted by Crippen LogP contribution is 2.42. The molecule has 0 amide bonds. The van der Waals surface area contributed by atoms with E-state index in [1.807, 2.05) is 0 Å². The molecule has 0 spiro atoms. The Labute approximate surface area is 124 Å². The molecule has 2 atom stereocenters. The monoisotopic (exact) mass is 272 g/mol. The minimum absolute atomic E-state index is 0.0366. The predicted octanol–water partition coefficient (Wildman–Crippen LogP) is 4.76. The van der Waals surface area contributed by atoms with Gasteiger partial charge in [0.2, 0.25) is 0 Å². The van der Waals surface area contributed by atoms with Crippen molar-refractivity contribution in [3.63, 3.8) is 0 Å². The van der Waals surface area contributed by atoms with Crippen LogP contribution < -0.4 is 0 Å². The van der Waals surface area contributed by atoms with E-state index in [0.29, 0.717) is 5.92 Å². The first-order valence-electron chi connectivity index (χ1n) is 7.54. The van der Waals surface area contributed by atoms with Crippen LogP contribution in [-0.4, -0.2) is 16.3 Å². The fraction of sp³-hybridized carbons (Fsp3) is 0.611. The van der Waals surface area contributed by atoms with Gasteiger partial charge in [0, 0.05) is 17.8 Å². The first kappa shape index (κ1) is 15.1. The van der Waals surface area contributed by atoms with Crippen LogP contribution in [0.2, 0.25) is 0 Å². The number of aliphatic imine (C=N–C) groups is 1. The summed E-state index contributed by atoms with van der Waals surface area (Å²) in [4.78, 5) is 7.08. The van der Waals surface area contributed by atoms with Crippen molar-refractivity contribution in [1.82, 2.24) is 4.90 Å². The van der Waals surface area contributed by atoms with Gasteiger partial charge < -0.3 is 4.90 Å². The molecule has 0 saturated carbocycles. The Morgan fingerprint density at radius 3 is 2.20 bits per heavy atom. The lowest BCUT2D eigenvalue weighted by Crippen LogP contribution is -2.35. The molecule has 2 aliphatic heterocycles. The second-order valence-electron chi connectivity index (χ2n) is 7.76. The number of rotatable bonds is 1. The van der Waals surface area contributed by atoms with E-state index in [9.17, 15) is 0 Å². The van der Waals surface area contributed by atoms with Gasteiger partial charge in [-0.2, -0.15) is 0 Å². The quantitative estimate of drug-likeness (QED) is 0.671. The maximum atomic E-state index is 4.96. The number of allylic oxidation sites excluding steroid dienone is 2. The zero-order valence-electron chi connectivity index (χ0n) is 13.9. The lowest BCUT2D eigenvalue weighted by atomic mass is 9.68. The summed E-state index contributed by atoms with van der Waals surface area (Å²) in [6.07, 6.45) is 13.3. The van der Waals surface area contributed by atoms with Crippen molar-refractivity contribution in [2.24, 2.45) is 21.7 Å². The number of hydrogen-bond donors (Lipinski definition) is 0. The third kappa shape index (κ3) is 2.48. The molecule has 0 bridgehead atoms. The zero-order valence-corrected chi connectivity index (χ0v) is 13.9. The van der Waals surface area contributed by atoms with E-state index in [2.05, 4.69) is 90.1 Å². The highest BCUT2D eigenvalue weighted by molar-refractivity contribution is 5.96. The minimum atomic E-state index is -0.105. The first-order chi connectivity index (χ1) is 9.07. The molecule has 110 valence electrons. The van der Waals surface area contributed by atoms with Gasteiger partial charge in [-0.25, -0.2) is 0 Å². The summed E-state index contributed by atoms with van der Waals surface area (Å²) in [6.45, 7) is 15.8. The second-order valence-corrected chi connectivity index (χ2v) is 7.76. The molecule has 0 radical (unpaired) electrons. The molecule has 0 aromatic rings.